The van der Waals surface area contributed by atoms with Gasteiger partial charge in [-0.05, 0) is 36.8 Å². The Kier molecular flexibility index (Phi) is 4.26. The zero-order chi connectivity index (χ0) is 14.8. The molecule has 2 nitrogen and oxygen atoms in total. The van der Waals surface area contributed by atoms with Crippen LogP contribution in [0.5, 0.6) is 0 Å². The van der Waals surface area contributed by atoms with E-state index in [2.05, 4.69) is 0 Å². The Morgan fingerprint density at radius 1 is 1.05 bits per heavy atom. The van der Waals surface area contributed by atoms with E-state index in [9.17, 15) is 12.8 Å². The minimum atomic E-state index is -3.62. The summed E-state index contributed by atoms with van der Waals surface area (Å²) in [5.41, 5.74) is 1.42. The molecule has 2 aromatic carbocycles. The third kappa shape index (κ3) is 3.46. The molecule has 0 radical (unpaired) electrons. The van der Waals surface area contributed by atoms with E-state index in [-0.39, 0.29) is 9.93 Å². The predicted molar refractivity (Wildman–Crippen MR) is 78.6 cm³/mol. The van der Waals surface area contributed by atoms with Gasteiger partial charge >= 0.3 is 0 Å². The number of benzene rings is 2. The molecule has 0 aliphatic heterocycles. The summed E-state index contributed by atoms with van der Waals surface area (Å²) in [5.74, 6) is -0.403. The molecule has 0 amide bonds. The smallest absolute Gasteiger partial charge is 0.201 e. The molecule has 2 rings (SSSR count). The molecule has 0 saturated carbocycles. The standard InChI is InChI=1S/C15H12ClFO2S/c1-11-2-8-14(9-3-11)20(18,19)10-15(16)12-4-6-13(17)7-5-12/h2-10H,1H3/b15-10+. The highest BCUT2D eigenvalue weighted by Crippen LogP contribution is 2.23. The number of halogens is 2. The predicted octanol–water partition coefficient (Wildman–Crippen LogP) is 4.15. The van der Waals surface area contributed by atoms with Crippen molar-refractivity contribution in [1.82, 2.24) is 0 Å². The van der Waals surface area contributed by atoms with Crippen LogP contribution in [0.15, 0.2) is 58.8 Å². The summed E-state index contributed by atoms with van der Waals surface area (Å²) in [6, 6.07) is 11.8. The van der Waals surface area contributed by atoms with Crippen molar-refractivity contribution < 1.29 is 12.8 Å². The van der Waals surface area contributed by atoms with Crippen molar-refractivity contribution in [2.45, 2.75) is 11.8 Å². The highest BCUT2D eigenvalue weighted by Gasteiger charge is 2.12. The molecule has 0 aliphatic rings. The molecule has 20 heavy (non-hydrogen) atoms. The monoisotopic (exact) mass is 310 g/mol. The molecular weight excluding hydrogens is 299 g/mol. The minimum absolute atomic E-state index is 0.0468. The van der Waals surface area contributed by atoms with Gasteiger partial charge in [0.25, 0.3) is 0 Å². The third-order valence-electron chi connectivity index (χ3n) is 2.73. The normalized spacial score (nSPS) is 12.4. The highest BCUT2D eigenvalue weighted by molar-refractivity contribution is 7.94. The van der Waals surface area contributed by atoms with Crippen LogP contribution >= 0.6 is 11.6 Å². The van der Waals surface area contributed by atoms with Gasteiger partial charge in [0.15, 0.2) is 0 Å². The first-order valence-electron chi connectivity index (χ1n) is 5.83. The minimum Gasteiger partial charge on any atom is -0.219 e. The first-order valence-corrected chi connectivity index (χ1v) is 7.76. The Morgan fingerprint density at radius 2 is 1.60 bits per heavy atom. The Bertz CT molecular complexity index is 732. The van der Waals surface area contributed by atoms with Gasteiger partial charge in [0.05, 0.1) is 15.3 Å². The van der Waals surface area contributed by atoms with Crippen LogP contribution in [0.1, 0.15) is 11.1 Å². The van der Waals surface area contributed by atoms with E-state index in [0.717, 1.165) is 11.0 Å². The molecule has 2 aromatic rings. The quantitative estimate of drug-likeness (QED) is 0.853. The van der Waals surface area contributed by atoms with Crippen molar-refractivity contribution in [2.24, 2.45) is 0 Å². The van der Waals surface area contributed by atoms with Crippen LogP contribution in [-0.4, -0.2) is 8.42 Å². The lowest BCUT2D eigenvalue weighted by Gasteiger charge is -2.02. The van der Waals surface area contributed by atoms with E-state index < -0.39 is 15.7 Å². The molecule has 0 N–H and O–H groups in total. The maximum Gasteiger partial charge on any atom is 0.201 e. The second kappa shape index (κ2) is 5.77. The van der Waals surface area contributed by atoms with Crippen molar-refractivity contribution >= 4 is 26.5 Å². The topological polar surface area (TPSA) is 34.1 Å². The lowest BCUT2D eigenvalue weighted by atomic mass is 10.2. The van der Waals surface area contributed by atoms with Crippen LogP contribution in [0.25, 0.3) is 5.03 Å². The van der Waals surface area contributed by atoms with E-state index in [0.29, 0.717) is 5.56 Å². The van der Waals surface area contributed by atoms with Crippen molar-refractivity contribution in [1.29, 1.82) is 0 Å². The van der Waals surface area contributed by atoms with Crippen LogP contribution in [-0.2, 0) is 9.84 Å². The Hall–Kier alpha value is -1.65. The van der Waals surface area contributed by atoms with E-state index in [1.807, 2.05) is 6.92 Å². The molecular formula is C15H12ClFO2S. The molecule has 0 aromatic heterocycles. The molecule has 0 fully saturated rings. The van der Waals surface area contributed by atoms with Gasteiger partial charge in [0.1, 0.15) is 5.82 Å². The molecule has 5 heteroatoms. The first-order chi connectivity index (χ1) is 9.38. The summed E-state index contributed by atoms with van der Waals surface area (Å²) >= 11 is 5.98. The molecule has 0 bridgehead atoms. The van der Waals surface area contributed by atoms with Gasteiger partial charge in [-0.2, -0.15) is 0 Å². The molecule has 104 valence electrons. The fourth-order valence-electron chi connectivity index (χ4n) is 1.61. The summed E-state index contributed by atoms with van der Waals surface area (Å²) in [5, 5.41) is 1.03. The van der Waals surface area contributed by atoms with Gasteiger partial charge < -0.3 is 0 Å². The van der Waals surface area contributed by atoms with Gasteiger partial charge in [-0.1, -0.05) is 41.4 Å². The zero-order valence-corrected chi connectivity index (χ0v) is 12.2. The average Bonchev–Trinajstić information content (AvgIpc) is 2.39. The summed E-state index contributed by atoms with van der Waals surface area (Å²) in [6.45, 7) is 1.87. The number of hydrogen-bond acceptors (Lipinski definition) is 2. The number of rotatable bonds is 3. The van der Waals surface area contributed by atoms with E-state index in [1.165, 1.54) is 36.4 Å². The fourth-order valence-corrected chi connectivity index (χ4v) is 3.15. The van der Waals surface area contributed by atoms with Crippen molar-refractivity contribution in [3.63, 3.8) is 0 Å². The average molecular weight is 311 g/mol. The van der Waals surface area contributed by atoms with Gasteiger partial charge in [-0.3, -0.25) is 0 Å². The molecule has 0 spiro atoms. The Morgan fingerprint density at radius 3 is 2.15 bits per heavy atom. The van der Waals surface area contributed by atoms with Crippen LogP contribution in [0.3, 0.4) is 0 Å². The fraction of sp³-hybridized carbons (Fsp3) is 0.0667. The van der Waals surface area contributed by atoms with Crippen LogP contribution in [0.4, 0.5) is 4.39 Å². The second-order valence-corrected chi connectivity index (χ2v) is 6.54. The van der Waals surface area contributed by atoms with Crippen LogP contribution in [0, 0.1) is 12.7 Å². The van der Waals surface area contributed by atoms with E-state index in [1.54, 1.807) is 12.1 Å². The van der Waals surface area contributed by atoms with Crippen LogP contribution in [0.2, 0.25) is 0 Å². The summed E-state index contributed by atoms with van der Waals surface area (Å²) in [6.07, 6.45) is 0. The van der Waals surface area contributed by atoms with E-state index in [4.69, 9.17) is 11.6 Å². The van der Waals surface area contributed by atoms with E-state index >= 15 is 0 Å². The summed E-state index contributed by atoms with van der Waals surface area (Å²) in [4.78, 5) is 0.170. The van der Waals surface area contributed by atoms with Gasteiger partial charge in [0.2, 0.25) is 9.84 Å². The molecule has 0 unspecified atom stereocenters. The Labute approximate surface area is 122 Å². The van der Waals surface area contributed by atoms with Crippen molar-refractivity contribution in [3.8, 4) is 0 Å². The summed E-state index contributed by atoms with van der Waals surface area (Å²) < 4.78 is 37.1. The third-order valence-corrected chi connectivity index (χ3v) is 4.66. The maximum absolute atomic E-state index is 12.8. The number of aryl methyl sites for hydroxylation is 1. The zero-order valence-electron chi connectivity index (χ0n) is 10.7. The first kappa shape index (κ1) is 14.8. The second-order valence-electron chi connectivity index (χ2n) is 4.33. The molecule has 0 atom stereocenters. The van der Waals surface area contributed by atoms with Gasteiger partial charge in [0, 0.05) is 0 Å². The van der Waals surface area contributed by atoms with Crippen molar-refractivity contribution in [3.05, 3.63) is 70.9 Å². The SMILES string of the molecule is Cc1ccc(S(=O)(=O)/C=C(/Cl)c2ccc(F)cc2)cc1. The number of hydrogen-bond donors (Lipinski definition) is 0. The van der Waals surface area contributed by atoms with Gasteiger partial charge in [-0.15, -0.1) is 0 Å². The largest absolute Gasteiger partial charge is 0.219 e. The highest BCUT2D eigenvalue weighted by atomic mass is 35.5. The van der Waals surface area contributed by atoms with Crippen LogP contribution < -0.4 is 0 Å². The maximum atomic E-state index is 12.8. The number of sulfone groups is 1. The molecule has 0 aliphatic carbocycles. The van der Waals surface area contributed by atoms with Crippen molar-refractivity contribution in [2.75, 3.05) is 0 Å². The van der Waals surface area contributed by atoms with Gasteiger partial charge in [-0.25, -0.2) is 12.8 Å². The molecule has 0 heterocycles. The Balaban J connectivity index is 2.37. The summed E-state index contributed by atoms with van der Waals surface area (Å²) in [7, 11) is -3.62. The lowest BCUT2D eigenvalue weighted by molar-refractivity contribution is 0.605. The molecule has 0 saturated heterocycles. The lowest BCUT2D eigenvalue weighted by Crippen LogP contribution is -1.97.